The maximum Gasteiger partial charge on any atom is 0.269 e. The molecule has 1 aromatic carbocycles. The molecule has 2 heterocycles. The molecule has 0 radical (unpaired) electrons. The van der Waals surface area contributed by atoms with Gasteiger partial charge in [-0.15, -0.1) is 0 Å². The predicted molar refractivity (Wildman–Crippen MR) is 90.5 cm³/mol. The molecule has 0 fully saturated rings. The normalized spacial score (nSPS) is 10.8. The first kappa shape index (κ1) is 15.8. The smallest absolute Gasteiger partial charge is 0.236 e. The van der Waals surface area contributed by atoms with Crippen molar-refractivity contribution in [3.8, 4) is 17.9 Å². The Hall–Kier alpha value is -3.09. The van der Waals surface area contributed by atoms with E-state index in [0.29, 0.717) is 29.4 Å². The van der Waals surface area contributed by atoms with Crippen LogP contribution in [0.1, 0.15) is 18.4 Å². The molecule has 0 saturated heterocycles. The number of unbranched alkanes of at least 4 members (excludes halogenated alkanes) is 1. The Morgan fingerprint density at radius 3 is 2.67 bits per heavy atom. The highest BCUT2D eigenvalue weighted by Crippen LogP contribution is 2.21. The summed E-state index contributed by atoms with van der Waals surface area (Å²) in [5.41, 5.74) is 1.05. The third-order valence-corrected chi connectivity index (χ3v) is 5.07. The fourth-order valence-corrected chi connectivity index (χ4v) is 3.58. The van der Waals surface area contributed by atoms with Crippen molar-refractivity contribution in [3.05, 3.63) is 60.4 Å². The van der Waals surface area contributed by atoms with Crippen LogP contribution >= 0.6 is 0 Å². The second-order valence-electron chi connectivity index (χ2n) is 5.03. The van der Waals surface area contributed by atoms with E-state index in [9.17, 15) is 8.42 Å². The average molecular weight is 335 g/mol. The molecule has 0 aliphatic heterocycles. The maximum absolute atomic E-state index is 12.7. The van der Waals surface area contributed by atoms with Crippen LogP contribution in [0.4, 0.5) is 0 Å². The van der Waals surface area contributed by atoms with Gasteiger partial charge in [0.05, 0.1) is 11.0 Å². The van der Waals surface area contributed by atoms with Crippen molar-refractivity contribution in [1.29, 1.82) is 5.26 Å². The van der Waals surface area contributed by atoms with Crippen LogP contribution in [0.3, 0.4) is 0 Å². The van der Waals surface area contributed by atoms with Gasteiger partial charge in [-0.05, 0) is 24.3 Å². The van der Waals surface area contributed by atoms with E-state index >= 15 is 0 Å². The molecule has 0 atom stereocenters. The first-order chi connectivity index (χ1) is 11.6. The van der Waals surface area contributed by atoms with E-state index in [1.54, 1.807) is 48.7 Å². The quantitative estimate of drug-likeness (QED) is 0.545. The molecule has 118 valence electrons. The van der Waals surface area contributed by atoms with Crippen molar-refractivity contribution in [2.45, 2.75) is 17.7 Å². The predicted octanol–water partition coefficient (Wildman–Crippen LogP) is 2.93. The number of rotatable bonds is 3. The molecule has 0 bridgehead atoms. The summed E-state index contributed by atoms with van der Waals surface area (Å²) in [5, 5.41) is 9.18. The van der Waals surface area contributed by atoms with Gasteiger partial charge in [-0.2, -0.15) is 5.26 Å². The number of nitriles is 1. The fourth-order valence-electron chi connectivity index (χ4n) is 2.25. The molecular weight excluding hydrogens is 322 g/mol. The monoisotopic (exact) mass is 335 g/mol. The van der Waals surface area contributed by atoms with E-state index in [-0.39, 0.29) is 4.90 Å². The molecule has 0 spiro atoms. The highest BCUT2D eigenvalue weighted by atomic mass is 32.2. The Balaban J connectivity index is 2.00. The molecule has 0 saturated carbocycles. The van der Waals surface area contributed by atoms with E-state index in [2.05, 4.69) is 16.8 Å². The van der Waals surface area contributed by atoms with Gasteiger partial charge in [-0.1, -0.05) is 30.0 Å². The number of aromatic nitrogens is 2. The number of benzene rings is 1. The molecule has 24 heavy (non-hydrogen) atoms. The van der Waals surface area contributed by atoms with E-state index < -0.39 is 10.0 Å². The summed E-state index contributed by atoms with van der Waals surface area (Å²) in [4.78, 5) is 4.46. The average Bonchev–Trinajstić information content (AvgIpc) is 3.03. The summed E-state index contributed by atoms with van der Waals surface area (Å²) >= 11 is 0. The summed E-state index contributed by atoms with van der Waals surface area (Å²) in [6.45, 7) is 0. The van der Waals surface area contributed by atoms with Crippen LogP contribution in [0.25, 0.3) is 11.0 Å². The molecule has 3 aromatic rings. The van der Waals surface area contributed by atoms with Crippen molar-refractivity contribution in [3.63, 3.8) is 0 Å². The van der Waals surface area contributed by atoms with Gasteiger partial charge in [0, 0.05) is 36.2 Å². The standard InChI is InChI=1S/C18H13N3O2S/c19-11-6-2-3-7-15-13-16-10-12-21(18(16)20-14-15)24(22,23)17-8-4-1-5-9-17/h1,4-5,8-10,12-14H,2,6H2. The lowest BCUT2D eigenvalue weighted by atomic mass is 10.2. The van der Waals surface area contributed by atoms with Crippen molar-refractivity contribution < 1.29 is 8.42 Å². The topological polar surface area (TPSA) is 75.8 Å². The molecule has 5 nitrogen and oxygen atoms in total. The van der Waals surface area contributed by atoms with Crippen molar-refractivity contribution in [2.24, 2.45) is 0 Å². The zero-order valence-corrected chi connectivity index (χ0v) is 13.5. The largest absolute Gasteiger partial charge is 0.269 e. The van der Waals surface area contributed by atoms with Gasteiger partial charge < -0.3 is 0 Å². The Labute approximate surface area is 140 Å². The van der Waals surface area contributed by atoms with Crippen LogP contribution in [0.2, 0.25) is 0 Å². The van der Waals surface area contributed by atoms with Crippen molar-refractivity contribution in [2.75, 3.05) is 0 Å². The molecule has 0 N–H and O–H groups in total. The summed E-state index contributed by atoms with van der Waals surface area (Å²) in [6.07, 6.45) is 3.91. The Bertz CT molecular complexity index is 1080. The summed E-state index contributed by atoms with van der Waals surface area (Å²) in [5.74, 6) is 5.82. The minimum atomic E-state index is -3.68. The van der Waals surface area contributed by atoms with Crippen molar-refractivity contribution >= 4 is 21.1 Å². The minimum absolute atomic E-state index is 0.213. The van der Waals surface area contributed by atoms with E-state index in [1.165, 1.54) is 10.2 Å². The number of hydrogen-bond donors (Lipinski definition) is 0. The molecule has 2 aromatic heterocycles. The maximum atomic E-state index is 12.7. The second kappa shape index (κ2) is 6.57. The van der Waals surface area contributed by atoms with E-state index in [0.717, 1.165) is 0 Å². The highest BCUT2D eigenvalue weighted by Gasteiger charge is 2.19. The summed E-state index contributed by atoms with van der Waals surface area (Å²) in [7, 11) is -3.68. The zero-order chi connectivity index (χ0) is 17.0. The molecule has 0 amide bonds. The second-order valence-corrected chi connectivity index (χ2v) is 6.84. The lowest BCUT2D eigenvalue weighted by Gasteiger charge is -2.06. The fraction of sp³-hybridized carbons (Fsp3) is 0.111. The van der Waals surface area contributed by atoms with E-state index in [1.807, 2.05) is 6.07 Å². The Morgan fingerprint density at radius 1 is 1.12 bits per heavy atom. The van der Waals surface area contributed by atoms with Gasteiger partial charge in [-0.3, -0.25) is 0 Å². The highest BCUT2D eigenvalue weighted by molar-refractivity contribution is 7.90. The first-order valence-corrected chi connectivity index (χ1v) is 8.70. The van der Waals surface area contributed by atoms with Gasteiger partial charge in [0.25, 0.3) is 10.0 Å². The van der Waals surface area contributed by atoms with Crippen LogP contribution in [-0.4, -0.2) is 17.4 Å². The van der Waals surface area contributed by atoms with Crippen LogP contribution < -0.4 is 0 Å². The van der Waals surface area contributed by atoms with Gasteiger partial charge in [-0.25, -0.2) is 17.4 Å². The third-order valence-electron chi connectivity index (χ3n) is 3.39. The van der Waals surface area contributed by atoms with Gasteiger partial charge in [0.15, 0.2) is 5.65 Å². The Kier molecular flexibility index (Phi) is 4.33. The molecule has 3 rings (SSSR count). The molecular formula is C18H13N3O2S. The third kappa shape index (κ3) is 3.01. The SMILES string of the molecule is N#CCCC#Cc1cnc2c(ccn2S(=O)(=O)c2ccccc2)c1. The molecule has 0 unspecified atom stereocenters. The lowest BCUT2D eigenvalue weighted by Crippen LogP contribution is -2.12. The number of fused-ring (bicyclic) bond motifs is 1. The van der Waals surface area contributed by atoms with Crippen molar-refractivity contribution in [1.82, 2.24) is 8.96 Å². The number of nitrogens with zero attached hydrogens (tertiary/aromatic N) is 3. The van der Waals surface area contributed by atoms with Crippen LogP contribution in [0, 0.1) is 23.2 Å². The molecule has 0 aliphatic carbocycles. The minimum Gasteiger partial charge on any atom is -0.236 e. The van der Waals surface area contributed by atoms with Crippen LogP contribution in [-0.2, 0) is 10.0 Å². The first-order valence-electron chi connectivity index (χ1n) is 7.26. The van der Waals surface area contributed by atoms with Crippen LogP contribution in [0.15, 0.2) is 59.8 Å². The number of pyridine rings is 1. The van der Waals surface area contributed by atoms with Gasteiger partial charge in [0.1, 0.15) is 0 Å². The van der Waals surface area contributed by atoms with Gasteiger partial charge in [0.2, 0.25) is 0 Å². The Morgan fingerprint density at radius 2 is 1.92 bits per heavy atom. The lowest BCUT2D eigenvalue weighted by molar-refractivity contribution is 0.589. The molecule has 0 aliphatic rings. The van der Waals surface area contributed by atoms with Gasteiger partial charge >= 0.3 is 0 Å². The van der Waals surface area contributed by atoms with Crippen LogP contribution in [0.5, 0.6) is 0 Å². The number of hydrogen-bond acceptors (Lipinski definition) is 4. The molecule has 6 heteroatoms. The van der Waals surface area contributed by atoms with E-state index in [4.69, 9.17) is 5.26 Å². The summed E-state index contributed by atoms with van der Waals surface area (Å²) < 4.78 is 26.6. The zero-order valence-electron chi connectivity index (χ0n) is 12.7. The summed E-state index contributed by atoms with van der Waals surface area (Å²) in [6, 6.07) is 13.8.